The Morgan fingerprint density at radius 2 is 1.86 bits per heavy atom. The van der Waals surface area contributed by atoms with E-state index in [-0.39, 0.29) is 11.6 Å². The number of pyridine rings is 1. The zero-order valence-corrected chi connectivity index (χ0v) is 11.9. The maximum absolute atomic E-state index is 12.2. The number of carbonyl (C=O) groups is 1. The zero-order valence-electron chi connectivity index (χ0n) is 11.2. The second-order valence-corrected chi connectivity index (χ2v) is 4.85. The molecule has 0 saturated heterocycles. The minimum Gasteiger partial charge on any atom is -0.319 e. The van der Waals surface area contributed by atoms with Crippen molar-refractivity contribution in [3.63, 3.8) is 0 Å². The summed E-state index contributed by atoms with van der Waals surface area (Å²) < 4.78 is 0. The van der Waals surface area contributed by atoms with E-state index in [1.54, 1.807) is 19.1 Å². The third kappa shape index (κ3) is 2.83. The number of fused-ring (bicyclic) bond motifs is 1. The van der Waals surface area contributed by atoms with E-state index >= 15 is 0 Å². The van der Waals surface area contributed by atoms with Crippen LogP contribution in [-0.2, 0) is 0 Å². The third-order valence-electron chi connectivity index (χ3n) is 2.98. The second-order valence-electron chi connectivity index (χ2n) is 4.47. The molecule has 0 atom stereocenters. The van der Waals surface area contributed by atoms with E-state index in [1.165, 1.54) is 6.20 Å². The van der Waals surface area contributed by atoms with Crippen molar-refractivity contribution >= 4 is 34.2 Å². The topological polar surface area (TPSA) is 67.8 Å². The predicted molar refractivity (Wildman–Crippen MR) is 81.5 cm³/mol. The third-order valence-corrected chi connectivity index (χ3v) is 3.19. The number of anilines is 1. The zero-order chi connectivity index (χ0) is 14.8. The normalized spacial score (nSPS) is 10.6. The number of nitrogens with zero attached hydrogens (tertiary/aromatic N) is 3. The van der Waals surface area contributed by atoms with Crippen LogP contribution in [0.25, 0.3) is 11.0 Å². The lowest BCUT2D eigenvalue weighted by Crippen LogP contribution is -2.15. The lowest BCUT2D eigenvalue weighted by atomic mass is 10.2. The van der Waals surface area contributed by atoms with Gasteiger partial charge in [0, 0.05) is 0 Å². The summed E-state index contributed by atoms with van der Waals surface area (Å²) >= 11 is 5.79. The predicted octanol–water partition coefficient (Wildman–Crippen LogP) is 3.24. The summed E-state index contributed by atoms with van der Waals surface area (Å²) in [5.74, 6) is -0.333. The highest BCUT2D eigenvalue weighted by molar-refractivity contribution is 6.29. The van der Waals surface area contributed by atoms with Crippen LogP contribution in [0, 0.1) is 6.92 Å². The van der Waals surface area contributed by atoms with Crippen molar-refractivity contribution in [3.05, 3.63) is 59.1 Å². The van der Waals surface area contributed by atoms with E-state index in [0.29, 0.717) is 22.1 Å². The first-order valence-corrected chi connectivity index (χ1v) is 6.67. The number of halogens is 1. The van der Waals surface area contributed by atoms with Crippen LogP contribution in [0.2, 0.25) is 5.15 Å². The molecule has 21 heavy (non-hydrogen) atoms. The van der Waals surface area contributed by atoms with Crippen LogP contribution in [0.5, 0.6) is 0 Å². The summed E-state index contributed by atoms with van der Waals surface area (Å²) in [6.07, 6.45) is 1.45. The summed E-state index contributed by atoms with van der Waals surface area (Å²) in [4.78, 5) is 24.8. The lowest BCUT2D eigenvalue weighted by molar-refractivity contribution is 0.102. The molecule has 2 aromatic heterocycles. The van der Waals surface area contributed by atoms with Gasteiger partial charge in [-0.25, -0.2) is 9.97 Å². The fraction of sp³-hybridized carbons (Fsp3) is 0.0667. The molecule has 1 amide bonds. The average Bonchev–Trinajstić information content (AvgIpc) is 2.49. The Morgan fingerprint density at radius 1 is 1.10 bits per heavy atom. The summed E-state index contributed by atoms with van der Waals surface area (Å²) in [7, 11) is 0. The number of carbonyl (C=O) groups excluding carboxylic acids is 1. The first-order valence-electron chi connectivity index (χ1n) is 6.30. The SMILES string of the molecule is Cc1nc(Cl)ccc1NC(=O)c1cnc2ccccc2n1. The van der Waals surface area contributed by atoms with Crippen molar-refractivity contribution in [2.75, 3.05) is 5.32 Å². The Bertz CT molecular complexity index is 835. The first-order chi connectivity index (χ1) is 10.1. The Balaban J connectivity index is 1.89. The number of hydrogen-bond donors (Lipinski definition) is 1. The van der Waals surface area contributed by atoms with Gasteiger partial charge in [0.25, 0.3) is 5.91 Å². The number of amides is 1. The maximum Gasteiger partial charge on any atom is 0.275 e. The number of aromatic nitrogens is 3. The smallest absolute Gasteiger partial charge is 0.275 e. The van der Waals surface area contributed by atoms with Gasteiger partial charge >= 0.3 is 0 Å². The average molecular weight is 299 g/mol. The summed E-state index contributed by atoms with van der Waals surface area (Å²) in [5.41, 5.74) is 2.92. The van der Waals surface area contributed by atoms with Crippen molar-refractivity contribution < 1.29 is 4.79 Å². The standard InChI is InChI=1S/C15H11ClN4O/c1-9-10(6-7-14(16)18-9)20-15(21)13-8-17-11-4-2-3-5-12(11)19-13/h2-8H,1H3,(H,20,21). The molecule has 104 valence electrons. The van der Waals surface area contributed by atoms with Crippen molar-refractivity contribution in [1.29, 1.82) is 0 Å². The fourth-order valence-electron chi connectivity index (χ4n) is 1.92. The van der Waals surface area contributed by atoms with E-state index in [4.69, 9.17) is 11.6 Å². The number of hydrogen-bond acceptors (Lipinski definition) is 4. The monoisotopic (exact) mass is 298 g/mol. The number of aryl methyl sites for hydroxylation is 1. The molecule has 0 saturated carbocycles. The molecular weight excluding hydrogens is 288 g/mol. The van der Waals surface area contributed by atoms with E-state index in [0.717, 1.165) is 5.52 Å². The fourth-order valence-corrected chi connectivity index (χ4v) is 2.11. The van der Waals surface area contributed by atoms with Crippen molar-refractivity contribution in [3.8, 4) is 0 Å². The molecule has 3 rings (SSSR count). The highest BCUT2D eigenvalue weighted by atomic mass is 35.5. The molecule has 5 nitrogen and oxygen atoms in total. The molecule has 2 heterocycles. The van der Waals surface area contributed by atoms with Crippen LogP contribution >= 0.6 is 11.6 Å². The molecule has 6 heteroatoms. The van der Waals surface area contributed by atoms with Gasteiger partial charge in [-0.3, -0.25) is 9.78 Å². The maximum atomic E-state index is 12.2. The van der Waals surface area contributed by atoms with Crippen LogP contribution in [0.3, 0.4) is 0 Å². The van der Waals surface area contributed by atoms with Gasteiger partial charge in [0.15, 0.2) is 0 Å². The van der Waals surface area contributed by atoms with Gasteiger partial charge in [-0.15, -0.1) is 0 Å². The van der Waals surface area contributed by atoms with E-state index in [9.17, 15) is 4.79 Å². The molecule has 0 fully saturated rings. The quantitative estimate of drug-likeness (QED) is 0.738. The van der Waals surface area contributed by atoms with Crippen LogP contribution in [0.4, 0.5) is 5.69 Å². The van der Waals surface area contributed by atoms with Gasteiger partial charge in [0.2, 0.25) is 0 Å². The van der Waals surface area contributed by atoms with Gasteiger partial charge in [-0.05, 0) is 31.2 Å². The van der Waals surface area contributed by atoms with Crippen LogP contribution in [-0.4, -0.2) is 20.9 Å². The molecule has 0 radical (unpaired) electrons. The Hall–Kier alpha value is -2.53. The summed E-state index contributed by atoms with van der Waals surface area (Å²) in [6.45, 7) is 1.77. The van der Waals surface area contributed by atoms with E-state index < -0.39 is 0 Å². The Kier molecular flexibility index (Phi) is 3.50. The van der Waals surface area contributed by atoms with E-state index in [2.05, 4.69) is 20.3 Å². The highest BCUT2D eigenvalue weighted by Crippen LogP contribution is 2.17. The van der Waals surface area contributed by atoms with Crippen LogP contribution in [0.15, 0.2) is 42.6 Å². The first kappa shape index (κ1) is 13.5. The molecule has 0 spiro atoms. The number of benzene rings is 1. The molecule has 0 bridgehead atoms. The molecule has 0 aliphatic rings. The van der Waals surface area contributed by atoms with Crippen LogP contribution < -0.4 is 5.32 Å². The minimum atomic E-state index is -0.333. The van der Waals surface area contributed by atoms with Crippen molar-refractivity contribution in [2.24, 2.45) is 0 Å². The van der Waals surface area contributed by atoms with Gasteiger partial charge in [-0.2, -0.15) is 0 Å². The molecule has 1 aromatic carbocycles. The second kappa shape index (κ2) is 5.46. The molecular formula is C15H11ClN4O. The van der Waals surface area contributed by atoms with Gasteiger partial charge in [0.05, 0.1) is 28.6 Å². The molecule has 3 aromatic rings. The van der Waals surface area contributed by atoms with Crippen molar-refractivity contribution in [1.82, 2.24) is 15.0 Å². The van der Waals surface area contributed by atoms with E-state index in [1.807, 2.05) is 24.3 Å². The Morgan fingerprint density at radius 3 is 2.62 bits per heavy atom. The number of rotatable bonds is 2. The highest BCUT2D eigenvalue weighted by Gasteiger charge is 2.11. The lowest BCUT2D eigenvalue weighted by Gasteiger charge is -2.07. The molecule has 1 N–H and O–H groups in total. The molecule has 0 aliphatic carbocycles. The molecule has 0 aliphatic heterocycles. The number of para-hydroxylation sites is 2. The van der Waals surface area contributed by atoms with Crippen LogP contribution in [0.1, 0.15) is 16.2 Å². The van der Waals surface area contributed by atoms with Gasteiger partial charge in [-0.1, -0.05) is 23.7 Å². The minimum absolute atomic E-state index is 0.253. The van der Waals surface area contributed by atoms with Gasteiger partial charge in [0.1, 0.15) is 10.8 Å². The molecule has 0 unspecified atom stereocenters. The summed E-state index contributed by atoms with van der Waals surface area (Å²) in [6, 6.07) is 10.7. The number of nitrogens with one attached hydrogen (secondary N) is 1. The van der Waals surface area contributed by atoms with Gasteiger partial charge < -0.3 is 5.32 Å². The van der Waals surface area contributed by atoms with Crippen molar-refractivity contribution in [2.45, 2.75) is 6.92 Å². The Labute approximate surface area is 126 Å². The summed E-state index contributed by atoms with van der Waals surface area (Å²) in [5, 5.41) is 3.14. The largest absolute Gasteiger partial charge is 0.319 e.